The molecule has 0 spiro atoms. The van der Waals surface area contributed by atoms with Gasteiger partial charge in [-0.05, 0) is 35.4 Å². The number of nitrogens with zero attached hydrogens (tertiary/aromatic N) is 1. The Morgan fingerprint density at radius 3 is 2.24 bits per heavy atom. The van der Waals surface area contributed by atoms with Crippen LogP contribution in [0.25, 0.3) is 0 Å². The highest BCUT2D eigenvalue weighted by atomic mass is 79.9. The normalized spacial score (nSPS) is 17.6. The molecule has 0 aromatic heterocycles. The minimum atomic E-state index is 0.317. The number of hydrogen-bond acceptors (Lipinski definition) is 2. The van der Waals surface area contributed by atoms with E-state index in [1.165, 1.54) is 11.1 Å². The van der Waals surface area contributed by atoms with E-state index >= 15 is 0 Å². The maximum atomic E-state index is 3.60. The van der Waals surface area contributed by atoms with E-state index < -0.39 is 0 Å². The summed E-state index contributed by atoms with van der Waals surface area (Å²) in [4.78, 5) is 2.56. The quantitative estimate of drug-likeness (QED) is 0.816. The number of nitrogens with one attached hydrogen (secondary N) is 1. The number of piperazine rings is 1. The summed E-state index contributed by atoms with van der Waals surface area (Å²) >= 11 is 7.13. The molecule has 2 nitrogen and oxygen atoms in total. The Labute approximate surface area is 142 Å². The fourth-order valence-electron chi connectivity index (χ4n) is 2.88. The first-order valence-corrected chi connectivity index (χ1v) is 8.78. The zero-order valence-corrected chi connectivity index (χ0v) is 14.9. The second-order valence-electron chi connectivity index (χ2n) is 5.30. The number of benzene rings is 2. The molecule has 0 amide bonds. The molecule has 0 saturated carbocycles. The highest BCUT2D eigenvalue weighted by Crippen LogP contribution is 2.31. The Balaban J connectivity index is 1.99. The Morgan fingerprint density at radius 1 is 0.857 bits per heavy atom. The smallest absolute Gasteiger partial charge is 0.0603 e. The van der Waals surface area contributed by atoms with Gasteiger partial charge in [-0.25, -0.2) is 0 Å². The summed E-state index contributed by atoms with van der Waals surface area (Å²) in [7, 11) is 0. The van der Waals surface area contributed by atoms with Gasteiger partial charge in [-0.2, -0.15) is 0 Å². The second-order valence-corrected chi connectivity index (χ2v) is 7.13. The third kappa shape index (κ3) is 3.75. The topological polar surface area (TPSA) is 15.3 Å². The molecule has 0 aliphatic carbocycles. The van der Waals surface area contributed by atoms with Crippen molar-refractivity contribution in [3.63, 3.8) is 0 Å². The first kappa shape index (κ1) is 15.2. The molecule has 110 valence electrons. The first-order chi connectivity index (χ1) is 10.2. The molecule has 0 radical (unpaired) electrons. The van der Waals surface area contributed by atoms with E-state index in [-0.39, 0.29) is 0 Å². The minimum Gasteiger partial charge on any atom is -0.314 e. The minimum absolute atomic E-state index is 0.317. The van der Waals surface area contributed by atoms with Crippen molar-refractivity contribution in [2.75, 3.05) is 26.2 Å². The number of halogens is 2. The van der Waals surface area contributed by atoms with Crippen LogP contribution in [-0.4, -0.2) is 31.1 Å². The van der Waals surface area contributed by atoms with E-state index in [1.54, 1.807) is 0 Å². The van der Waals surface area contributed by atoms with Crippen LogP contribution in [0.4, 0.5) is 0 Å². The first-order valence-electron chi connectivity index (χ1n) is 7.20. The van der Waals surface area contributed by atoms with Crippen molar-refractivity contribution >= 4 is 31.9 Å². The summed E-state index contributed by atoms with van der Waals surface area (Å²) in [6.07, 6.45) is 0. The van der Waals surface area contributed by atoms with E-state index in [9.17, 15) is 0 Å². The third-order valence-corrected chi connectivity index (χ3v) is 4.89. The fourth-order valence-corrected chi connectivity index (χ4v) is 3.56. The molecule has 1 saturated heterocycles. The van der Waals surface area contributed by atoms with Crippen molar-refractivity contribution in [2.24, 2.45) is 0 Å². The van der Waals surface area contributed by atoms with Crippen molar-refractivity contribution in [1.82, 2.24) is 10.2 Å². The average molecular weight is 410 g/mol. The lowest BCUT2D eigenvalue weighted by Gasteiger charge is -2.35. The Bertz CT molecular complexity index is 592. The summed E-state index contributed by atoms with van der Waals surface area (Å²) in [5.41, 5.74) is 2.69. The predicted molar refractivity (Wildman–Crippen MR) is 94.6 cm³/mol. The molecule has 21 heavy (non-hydrogen) atoms. The van der Waals surface area contributed by atoms with Crippen molar-refractivity contribution in [1.29, 1.82) is 0 Å². The summed E-state index contributed by atoms with van der Waals surface area (Å²) in [5, 5.41) is 3.43. The van der Waals surface area contributed by atoms with Crippen LogP contribution in [0.2, 0.25) is 0 Å². The van der Waals surface area contributed by atoms with Gasteiger partial charge in [-0.15, -0.1) is 0 Å². The van der Waals surface area contributed by atoms with Gasteiger partial charge in [0.1, 0.15) is 0 Å². The maximum absolute atomic E-state index is 3.60. The lowest BCUT2D eigenvalue weighted by atomic mass is 9.96. The fraction of sp³-hybridized carbons (Fsp3) is 0.294. The third-order valence-electron chi connectivity index (χ3n) is 3.87. The highest BCUT2D eigenvalue weighted by Gasteiger charge is 2.23. The van der Waals surface area contributed by atoms with Crippen LogP contribution >= 0.6 is 31.9 Å². The van der Waals surface area contributed by atoms with Crippen LogP contribution < -0.4 is 5.32 Å². The monoisotopic (exact) mass is 408 g/mol. The van der Waals surface area contributed by atoms with Crippen molar-refractivity contribution in [2.45, 2.75) is 6.04 Å². The average Bonchev–Trinajstić information content (AvgIpc) is 2.51. The molecule has 1 fully saturated rings. The van der Waals surface area contributed by atoms with Crippen LogP contribution in [0.5, 0.6) is 0 Å². The largest absolute Gasteiger partial charge is 0.314 e. The molecule has 1 heterocycles. The second kappa shape index (κ2) is 7.05. The molecule has 1 unspecified atom stereocenters. The van der Waals surface area contributed by atoms with Crippen LogP contribution in [0, 0.1) is 0 Å². The molecule has 4 heteroatoms. The number of hydrogen-bond donors (Lipinski definition) is 1. The summed E-state index contributed by atoms with van der Waals surface area (Å²) in [5.74, 6) is 0. The van der Waals surface area contributed by atoms with Gasteiger partial charge in [0.05, 0.1) is 6.04 Å². The van der Waals surface area contributed by atoms with Crippen molar-refractivity contribution < 1.29 is 0 Å². The van der Waals surface area contributed by atoms with E-state index in [4.69, 9.17) is 0 Å². The SMILES string of the molecule is Brc1ccc(C(c2cccc(Br)c2)N2CCNCC2)cc1. The van der Waals surface area contributed by atoms with Gasteiger partial charge in [0.15, 0.2) is 0 Å². The van der Waals surface area contributed by atoms with E-state index in [1.807, 2.05) is 0 Å². The van der Waals surface area contributed by atoms with Gasteiger partial charge >= 0.3 is 0 Å². The summed E-state index contributed by atoms with van der Waals surface area (Å²) in [6.45, 7) is 4.27. The van der Waals surface area contributed by atoms with Crippen LogP contribution in [0.15, 0.2) is 57.5 Å². The zero-order chi connectivity index (χ0) is 14.7. The molecular formula is C17H18Br2N2. The molecule has 1 atom stereocenters. The molecule has 1 aliphatic rings. The van der Waals surface area contributed by atoms with Gasteiger partial charge < -0.3 is 5.32 Å². The molecule has 0 bridgehead atoms. The van der Waals surface area contributed by atoms with E-state index in [0.717, 1.165) is 35.1 Å². The van der Waals surface area contributed by atoms with Gasteiger partial charge in [-0.1, -0.05) is 56.1 Å². The molecule has 2 aromatic rings. The lowest BCUT2D eigenvalue weighted by molar-refractivity contribution is 0.198. The van der Waals surface area contributed by atoms with Crippen LogP contribution in [0.1, 0.15) is 17.2 Å². The summed E-state index contributed by atoms with van der Waals surface area (Å²) in [6, 6.07) is 17.7. The van der Waals surface area contributed by atoms with Crippen LogP contribution in [-0.2, 0) is 0 Å². The van der Waals surface area contributed by atoms with Crippen LogP contribution in [0.3, 0.4) is 0 Å². The molecule has 1 aliphatic heterocycles. The zero-order valence-electron chi connectivity index (χ0n) is 11.7. The maximum Gasteiger partial charge on any atom is 0.0603 e. The van der Waals surface area contributed by atoms with Gasteiger partial charge in [0.2, 0.25) is 0 Å². The van der Waals surface area contributed by atoms with Gasteiger partial charge in [-0.3, -0.25) is 4.90 Å². The van der Waals surface area contributed by atoms with Crippen molar-refractivity contribution in [3.05, 3.63) is 68.6 Å². The Morgan fingerprint density at radius 2 is 1.57 bits per heavy atom. The Kier molecular flexibility index (Phi) is 5.11. The van der Waals surface area contributed by atoms with Gasteiger partial charge in [0.25, 0.3) is 0 Å². The predicted octanol–water partition coefficient (Wildman–Crippen LogP) is 4.21. The van der Waals surface area contributed by atoms with E-state index in [2.05, 4.69) is 90.6 Å². The molecule has 2 aromatic carbocycles. The van der Waals surface area contributed by atoms with Gasteiger partial charge in [0, 0.05) is 35.1 Å². The Hall–Kier alpha value is -0.680. The molecule has 3 rings (SSSR count). The highest BCUT2D eigenvalue weighted by molar-refractivity contribution is 9.10. The van der Waals surface area contributed by atoms with E-state index in [0.29, 0.717) is 6.04 Å². The molecule has 1 N–H and O–H groups in total. The molecular weight excluding hydrogens is 392 g/mol. The summed E-state index contributed by atoms with van der Waals surface area (Å²) < 4.78 is 2.26. The lowest BCUT2D eigenvalue weighted by Crippen LogP contribution is -2.45. The number of rotatable bonds is 3. The standard InChI is InChI=1S/C17H18Br2N2/c18-15-6-4-13(5-7-15)17(21-10-8-20-9-11-21)14-2-1-3-16(19)12-14/h1-7,12,17,20H,8-11H2. The van der Waals surface area contributed by atoms with Crippen molar-refractivity contribution in [3.8, 4) is 0 Å².